The van der Waals surface area contributed by atoms with E-state index in [0.717, 1.165) is 24.2 Å². The molecular weight excluding hydrogens is 368 g/mol. The molecule has 0 spiro atoms. The summed E-state index contributed by atoms with van der Waals surface area (Å²) in [5.41, 5.74) is 3.24. The molecule has 0 N–H and O–H groups in total. The zero-order valence-electron chi connectivity index (χ0n) is 17.1. The third kappa shape index (κ3) is 4.41. The molecule has 1 fully saturated rings. The third-order valence-electron chi connectivity index (χ3n) is 5.70. The molecule has 2 aliphatic rings. The highest BCUT2D eigenvalue weighted by atomic mass is 16.5. The predicted octanol–water partition coefficient (Wildman–Crippen LogP) is 2.75. The van der Waals surface area contributed by atoms with Gasteiger partial charge in [0.2, 0.25) is 5.91 Å². The van der Waals surface area contributed by atoms with Crippen molar-refractivity contribution < 1.29 is 14.3 Å². The van der Waals surface area contributed by atoms with Gasteiger partial charge in [-0.05, 0) is 44.0 Å². The highest BCUT2D eigenvalue weighted by molar-refractivity contribution is 6.00. The molecule has 0 aliphatic carbocycles. The van der Waals surface area contributed by atoms with E-state index in [9.17, 15) is 4.79 Å². The lowest BCUT2D eigenvalue weighted by atomic mass is 10.0. The number of aromatic nitrogens is 2. The van der Waals surface area contributed by atoms with Gasteiger partial charge in [-0.3, -0.25) is 14.6 Å². The van der Waals surface area contributed by atoms with E-state index < -0.39 is 0 Å². The van der Waals surface area contributed by atoms with Gasteiger partial charge < -0.3 is 9.47 Å². The molecule has 4 rings (SSSR count). The van der Waals surface area contributed by atoms with E-state index >= 15 is 0 Å². The fourth-order valence-corrected chi connectivity index (χ4v) is 4.04. The fourth-order valence-electron chi connectivity index (χ4n) is 4.04. The van der Waals surface area contributed by atoms with Crippen molar-refractivity contribution in [2.45, 2.75) is 38.8 Å². The molecule has 0 saturated carbocycles. The number of fused-ring (bicyclic) bond motifs is 1. The van der Waals surface area contributed by atoms with Crippen LogP contribution in [0.4, 0.5) is 5.82 Å². The number of likely N-dealkylation sites (tertiary alicyclic amines) is 1. The molecule has 1 unspecified atom stereocenters. The van der Waals surface area contributed by atoms with Crippen LogP contribution in [0.3, 0.4) is 0 Å². The Balaban J connectivity index is 1.50. The second kappa shape index (κ2) is 8.88. The van der Waals surface area contributed by atoms with Crippen molar-refractivity contribution in [3.8, 4) is 6.01 Å². The number of anilines is 1. The molecule has 154 valence electrons. The van der Waals surface area contributed by atoms with Crippen molar-refractivity contribution in [3.05, 3.63) is 47.2 Å². The summed E-state index contributed by atoms with van der Waals surface area (Å²) in [5.74, 6) is 0.691. The number of benzene rings is 1. The Morgan fingerprint density at radius 1 is 1.21 bits per heavy atom. The van der Waals surface area contributed by atoms with Crippen molar-refractivity contribution in [2.75, 3.05) is 38.3 Å². The maximum absolute atomic E-state index is 12.6. The van der Waals surface area contributed by atoms with Gasteiger partial charge >= 0.3 is 6.01 Å². The largest absolute Gasteiger partial charge is 0.461 e. The zero-order chi connectivity index (χ0) is 20.2. The lowest BCUT2D eigenvalue weighted by molar-refractivity contribution is -0.117. The number of hydrogen-bond donors (Lipinski definition) is 0. The Morgan fingerprint density at radius 2 is 2.03 bits per heavy atom. The molecule has 3 heterocycles. The van der Waals surface area contributed by atoms with Crippen molar-refractivity contribution in [2.24, 2.45) is 0 Å². The minimum absolute atomic E-state index is 0.0429. The first-order valence-corrected chi connectivity index (χ1v) is 10.3. The number of rotatable bonds is 8. The van der Waals surface area contributed by atoms with E-state index in [0.29, 0.717) is 38.0 Å². The highest BCUT2D eigenvalue weighted by Crippen LogP contribution is 2.30. The number of ether oxygens (including phenoxy) is 2. The predicted molar refractivity (Wildman–Crippen MR) is 110 cm³/mol. The molecule has 7 heteroatoms. The molecule has 0 radical (unpaired) electrons. The SMILES string of the molecule is COCCOc1ncc2c(n1)N(Cc1cccc(C(C)N3CCCC3)c1)C(=O)C2. The van der Waals surface area contributed by atoms with Crippen LogP contribution in [0.1, 0.15) is 42.5 Å². The van der Waals surface area contributed by atoms with Gasteiger partial charge in [0.25, 0.3) is 0 Å². The summed E-state index contributed by atoms with van der Waals surface area (Å²) in [5, 5.41) is 0. The van der Waals surface area contributed by atoms with Crippen LogP contribution in [0, 0.1) is 0 Å². The Kier molecular flexibility index (Phi) is 6.06. The monoisotopic (exact) mass is 396 g/mol. The molecule has 1 amide bonds. The quantitative estimate of drug-likeness (QED) is 0.639. The summed E-state index contributed by atoms with van der Waals surface area (Å²) >= 11 is 0. The lowest BCUT2D eigenvalue weighted by Gasteiger charge is -2.25. The normalized spacial score (nSPS) is 17.6. The minimum Gasteiger partial charge on any atom is -0.461 e. The Hall–Kier alpha value is -2.51. The number of nitrogens with zero attached hydrogens (tertiary/aromatic N) is 4. The van der Waals surface area contributed by atoms with E-state index in [1.165, 1.54) is 18.4 Å². The Bertz CT molecular complexity index is 867. The number of amides is 1. The molecular formula is C22H28N4O3. The van der Waals surface area contributed by atoms with Gasteiger partial charge in [-0.25, -0.2) is 4.98 Å². The summed E-state index contributed by atoms with van der Waals surface area (Å²) in [7, 11) is 1.62. The molecule has 0 bridgehead atoms. The van der Waals surface area contributed by atoms with Crippen molar-refractivity contribution >= 4 is 11.7 Å². The van der Waals surface area contributed by atoms with Crippen LogP contribution in [-0.4, -0.2) is 54.2 Å². The molecule has 1 saturated heterocycles. The lowest BCUT2D eigenvalue weighted by Crippen LogP contribution is -2.27. The zero-order valence-corrected chi connectivity index (χ0v) is 17.1. The van der Waals surface area contributed by atoms with Crippen LogP contribution in [0.25, 0.3) is 0 Å². The van der Waals surface area contributed by atoms with Crippen LogP contribution in [-0.2, 0) is 22.5 Å². The minimum atomic E-state index is 0.0429. The fraction of sp³-hybridized carbons (Fsp3) is 0.500. The summed E-state index contributed by atoms with van der Waals surface area (Å²) in [6.07, 6.45) is 4.57. The number of methoxy groups -OCH3 is 1. The number of hydrogen-bond acceptors (Lipinski definition) is 6. The van der Waals surface area contributed by atoms with Gasteiger partial charge in [-0.15, -0.1) is 0 Å². The van der Waals surface area contributed by atoms with Crippen LogP contribution < -0.4 is 9.64 Å². The number of carbonyl (C=O) groups excluding carboxylic acids is 1. The molecule has 2 aliphatic heterocycles. The van der Waals surface area contributed by atoms with Crippen LogP contribution in [0.2, 0.25) is 0 Å². The maximum Gasteiger partial charge on any atom is 0.318 e. The average Bonchev–Trinajstić information content (AvgIpc) is 3.37. The van der Waals surface area contributed by atoms with E-state index in [1.54, 1.807) is 18.2 Å². The topological polar surface area (TPSA) is 67.8 Å². The number of carbonyl (C=O) groups is 1. The van der Waals surface area contributed by atoms with Gasteiger partial charge in [0.1, 0.15) is 12.4 Å². The van der Waals surface area contributed by atoms with Gasteiger partial charge in [-0.1, -0.05) is 24.3 Å². The second-order valence-electron chi connectivity index (χ2n) is 7.66. The smallest absolute Gasteiger partial charge is 0.318 e. The molecule has 1 aromatic carbocycles. The van der Waals surface area contributed by atoms with E-state index in [4.69, 9.17) is 9.47 Å². The standard InChI is InChI=1S/C22H28N4O3/c1-16(25-8-3-4-9-25)18-7-5-6-17(12-18)15-26-20(27)13-19-14-23-22(24-21(19)26)29-11-10-28-2/h5-7,12,14,16H,3-4,8-11,13,15H2,1-2H3. The first-order valence-electron chi connectivity index (χ1n) is 10.3. The Morgan fingerprint density at radius 3 is 2.83 bits per heavy atom. The Labute approximate surface area is 171 Å². The van der Waals surface area contributed by atoms with Crippen molar-refractivity contribution in [1.82, 2.24) is 14.9 Å². The molecule has 7 nitrogen and oxygen atoms in total. The van der Waals surface area contributed by atoms with E-state index in [-0.39, 0.29) is 11.9 Å². The van der Waals surface area contributed by atoms with Crippen LogP contribution in [0.15, 0.2) is 30.5 Å². The summed E-state index contributed by atoms with van der Waals surface area (Å²) in [6.45, 7) is 5.92. The molecule has 2 aromatic rings. The average molecular weight is 396 g/mol. The van der Waals surface area contributed by atoms with Crippen molar-refractivity contribution in [3.63, 3.8) is 0 Å². The first kappa shape index (κ1) is 19.8. The van der Waals surface area contributed by atoms with Gasteiger partial charge in [-0.2, -0.15) is 4.98 Å². The molecule has 29 heavy (non-hydrogen) atoms. The highest BCUT2D eigenvalue weighted by Gasteiger charge is 2.30. The van der Waals surface area contributed by atoms with E-state index in [2.05, 4.69) is 46.1 Å². The van der Waals surface area contributed by atoms with Crippen LogP contribution in [0.5, 0.6) is 6.01 Å². The van der Waals surface area contributed by atoms with E-state index in [1.807, 2.05) is 0 Å². The van der Waals surface area contributed by atoms with Gasteiger partial charge in [0, 0.05) is 24.9 Å². The second-order valence-corrected chi connectivity index (χ2v) is 7.66. The van der Waals surface area contributed by atoms with Gasteiger partial charge in [0.05, 0.1) is 19.6 Å². The van der Waals surface area contributed by atoms with Crippen LogP contribution >= 0.6 is 0 Å². The summed E-state index contributed by atoms with van der Waals surface area (Å²) in [4.78, 5) is 25.6. The molecule has 1 atom stereocenters. The van der Waals surface area contributed by atoms with Crippen molar-refractivity contribution in [1.29, 1.82) is 0 Å². The summed E-state index contributed by atoms with van der Waals surface area (Å²) < 4.78 is 10.5. The van der Waals surface area contributed by atoms with Gasteiger partial charge in [0.15, 0.2) is 0 Å². The summed E-state index contributed by atoms with van der Waals surface area (Å²) in [6, 6.07) is 9.21. The third-order valence-corrected chi connectivity index (χ3v) is 5.70. The molecule has 1 aromatic heterocycles. The maximum atomic E-state index is 12.6. The first-order chi connectivity index (χ1) is 14.2.